The van der Waals surface area contributed by atoms with Crippen LogP contribution in [0.5, 0.6) is 0 Å². The van der Waals surface area contributed by atoms with E-state index in [0.717, 1.165) is 11.0 Å². The lowest BCUT2D eigenvalue weighted by atomic mass is 10.2. The van der Waals surface area contributed by atoms with Crippen LogP contribution in [-0.2, 0) is 0 Å². The molecule has 0 aliphatic heterocycles. The van der Waals surface area contributed by atoms with E-state index in [0.29, 0.717) is 21.4 Å². The number of amides is 1. The fourth-order valence-corrected chi connectivity index (χ4v) is 2.38. The summed E-state index contributed by atoms with van der Waals surface area (Å²) in [5, 5.41) is 2.83. The highest BCUT2D eigenvalue weighted by Gasteiger charge is 2.11. The Morgan fingerprint density at radius 3 is 2.62 bits per heavy atom. The molecule has 0 saturated heterocycles. The van der Waals surface area contributed by atoms with Crippen LogP contribution < -0.4 is 11.1 Å². The van der Waals surface area contributed by atoms with Gasteiger partial charge < -0.3 is 11.1 Å². The lowest BCUT2D eigenvalue weighted by Gasteiger charge is -2.08. The van der Waals surface area contributed by atoms with E-state index in [1.54, 1.807) is 42.7 Å². The highest BCUT2D eigenvalue weighted by atomic mass is 79.9. The highest BCUT2D eigenvalue weighted by Crippen LogP contribution is 2.22. The molecule has 0 atom stereocenters. The number of hydrogen-bond donors (Lipinski definition) is 2. The summed E-state index contributed by atoms with van der Waals surface area (Å²) in [5.74, 6) is -0.239. The molecule has 3 rings (SSSR count). The third kappa shape index (κ3) is 2.85. The number of halogens is 1. The molecule has 0 radical (unpaired) electrons. The van der Waals surface area contributed by atoms with Gasteiger partial charge in [-0.3, -0.25) is 14.8 Å². The quantitative estimate of drug-likeness (QED) is 0.700. The number of fused-ring (bicyclic) bond motifs is 1. The van der Waals surface area contributed by atoms with Crippen LogP contribution in [0.4, 0.5) is 11.4 Å². The van der Waals surface area contributed by atoms with Crippen LogP contribution in [0.15, 0.2) is 53.3 Å². The number of carbonyl (C=O) groups is 1. The van der Waals surface area contributed by atoms with E-state index in [2.05, 4.69) is 31.2 Å². The van der Waals surface area contributed by atoms with Crippen LogP contribution in [-0.4, -0.2) is 15.9 Å². The number of nitrogens with zero attached hydrogens (tertiary/aromatic N) is 2. The Balaban J connectivity index is 1.90. The maximum absolute atomic E-state index is 12.3. The summed E-state index contributed by atoms with van der Waals surface area (Å²) in [4.78, 5) is 20.7. The molecule has 1 aromatic heterocycles. The Morgan fingerprint density at radius 1 is 1.05 bits per heavy atom. The van der Waals surface area contributed by atoms with Crippen LogP contribution in [0.25, 0.3) is 11.0 Å². The fourth-order valence-electron chi connectivity index (χ4n) is 1.96. The lowest BCUT2D eigenvalue weighted by Crippen LogP contribution is -2.13. The van der Waals surface area contributed by atoms with Crippen molar-refractivity contribution in [3.05, 3.63) is 58.8 Å². The van der Waals surface area contributed by atoms with E-state index < -0.39 is 0 Å². The van der Waals surface area contributed by atoms with Gasteiger partial charge in [0.05, 0.1) is 16.6 Å². The van der Waals surface area contributed by atoms with Crippen LogP contribution in [0, 0.1) is 0 Å². The van der Waals surface area contributed by atoms with Crippen molar-refractivity contribution in [1.29, 1.82) is 0 Å². The summed E-state index contributed by atoms with van der Waals surface area (Å²) in [7, 11) is 0. The monoisotopic (exact) mass is 342 g/mol. The molecule has 0 aliphatic rings. The van der Waals surface area contributed by atoms with Gasteiger partial charge in [0.1, 0.15) is 0 Å². The summed E-state index contributed by atoms with van der Waals surface area (Å²) >= 11 is 3.35. The van der Waals surface area contributed by atoms with Gasteiger partial charge in [0.15, 0.2) is 0 Å². The number of benzene rings is 2. The third-order valence-electron chi connectivity index (χ3n) is 2.96. The van der Waals surface area contributed by atoms with E-state index in [4.69, 9.17) is 5.73 Å². The molecule has 1 amide bonds. The van der Waals surface area contributed by atoms with E-state index in [1.807, 2.05) is 6.07 Å². The number of nitrogens with one attached hydrogen (secondary N) is 1. The zero-order chi connectivity index (χ0) is 14.8. The topological polar surface area (TPSA) is 80.9 Å². The van der Waals surface area contributed by atoms with Gasteiger partial charge >= 0.3 is 0 Å². The minimum absolute atomic E-state index is 0.239. The second-order valence-electron chi connectivity index (χ2n) is 4.45. The largest absolute Gasteiger partial charge is 0.399 e. The van der Waals surface area contributed by atoms with Crippen molar-refractivity contribution in [2.75, 3.05) is 11.1 Å². The van der Waals surface area contributed by atoms with Crippen molar-refractivity contribution in [3.63, 3.8) is 0 Å². The number of nitrogen functional groups attached to an aromatic ring is 1. The van der Waals surface area contributed by atoms with Crippen molar-refractivity contribution in [2.45, 2.75) is 0 Å². The first kappa shape index (κ1) is 13.5. The number of nitrogens with two attached hydrogens (primary N) is 1. The van der Waals surface area contributed by atoms with Crippen LogP contribution in [0.2, 0.25) is 0 Å². The number of rotatable bonds is 2. The van der Waals surface area contributed by atoms with Crippen molar-refractivity contribution in [2.24, 2.45) is 0 Å². The number of aromatic nitrogens is 2. The Kier molecular flexibility index (Phi) is 3.53. The molecular formula is C15H11BrN4O. The van der Waals surface area contributed by atoms with E-state index in [9.17, 15) is 4.79 Å². The molecule has 6 heteroatoms. The molecule has 3 N–H and O–H groups in total. The molecule has 1 heterocycles. The Hall–Kier alpha value is -2.47. The van der Waals surface area contributed by atoms with Gasteiger partial charge in [0.25, 0.3) is 5.91 Å². The third-order valence-corrected chi connectivity index (χ3v) is 3.65. The normalized spacial score (nSPS) is 10.5. The van der Waals surface area contributed by atoms with Crippen molar-refractivity contribution < 1.29 is 4.79 Å². The zero-order valence-electron chi connectivity index (χ0n) is 10.9. The Labute approximate surface area is 129 Å². The van der Waals surface area contributed by atoms with Crippen molar-refractivity contribution in [1.82, 2.24) is 9.97 Å². The molecule has 0 bridgehead atoms. The molecule has 104 valence electrons. The maximum atomic E-state index is 12.3. The summed E-state index contributed by atoms with van der Waals surface area (Å²) < 4.78 is 0.690. The standard InChI is InChI=1S/C15H11BrN4O/c16-12-3-1-9(17)7-11(12)15(21)20-10-2-4-13-14(8-10)19-6-5-18-13/h1-8H,17H2,(H,20,21). The molecule has 5 nitrogen and oxygen atoms in total. The molecular weight excluding hydrogens is 332 g/mol. The van der Waals surface area contributed by atoms with E-state index in [1.165, 1.54) is 0 Å². The van der Waals surface area contributed by atoms with Crippen molar-refractivity contribution >= 4 is 44.2 Å². The predicted molar refractivity (Wildman–Crippen MR) is 86.0 cm³/mol. The second kappa shape index (κ2) is 5.49. The number of carbonyl (C=O) groups excluding carboxylic acids is 1. The molecule has 3 aromatic rings. The summed E-state index contributed by atoms with van der Waals surface area (Å²) in [6.45, 7) is 0. The van der Waals surface area contributed by atoms with Gasteiger partial charge in [-0.25, -0.2) is 0 Å². The Bertz CT molecular complexity index is 835. The molecule has 0 aliphatic carbocycles. The second-order valence-corrected chi connectivity index (χ2v) is 5.31. The SMILES string of the molecule is Nc1ccc(Br)c(C(=O)Nc2ccc3nccnc3c2)c1. The van der Waals surface area contributed by atoms with Gasteiger partial charge in [0, 0.05) is 28.2 Å². The van der Waals surface area contributed by atoms with Gasteiger partial charge in [0.2, 0.25) is 0 Å². The van der Waals surface area contributed by atoms with Gasteiger partial charge in [-0.2, -0.15) is 0 Å². The number of anilines is 2. The van der Waals surface area contributed by atoms with Crippen LogP contribution >= 0.6 is 15.9 Å². The zero-order valence-corrected chi connectivity index (χ0v) is 12.5. The Morgan fingerprint density at radius 2 is 1.81 bits per heavy atom. The van der Waals surface area contributed by atoms with E-state index in [-0.39, 0.29) is 5.91 Å². The summed E-state index contributed by atoms with van der Waals surface area (Å²) in [6.07, 6.45) is 3.24. The fraction of sp³-hybridized carbons (Fsp3) is 0. The average molecular weight is 343 g/mol. The first-order chi connectivity index (χ1) is 10.1. The first-order valence-corrected chi connectivity index (χ1v) is 7.00. The molecule has 0 unspecified atom stereocenters. The lowest BCUT2D eigenvalue weighted by molar-refractivity contribution is 0.102. The first-order valence-electron chi connectivity index (χ1n) is 6.20. The highest BCUT2D eigenvalue weighted by molar-refractivity contribution is 9.10. The van der Waals surface area contributed by atoms with Crippen LogP contribution in [0.1, 0.15) is 10.4 Å². The molecule has 2 aromatic carbocycles. The van der Waals surface area contributed by atoms with Gasteiger partial charge in [-0.05, 0) is 52.3 Å². The van der Waals surface area contributed by atoms with Gasteiger partial charge in [-0.1, -0.05) is 0 Å². The maximum Gasteiger partial charge on any atom is 0.256 e. The summed E-state index contributed by atoms with van der Waals surface area (Å²) in [5.41, 5.74) is 8.89. The predicted octanol–water partition coefficient (Wildman–Crippen LogP) is 3.23. The van der Waals surface area contributed by atoms with Crippen LogP contribution in [0.3, 0.4) is 0 Å². The van der Waals surface area contributed by atoms with Crippen molar-refractivity contribution in [3.8, 4) is 0 Å². The minimum Gasteiger partial charge on any atom is -0.399 e. The summed E-state index contributed by atoms with van der Waals surface area (Å²) in [6, 6.07) is 10.5. The van der Waals surface area contributed by atoms with E-state index >= 15 is 0 Å². The average Bonchev–Trinajstić information content (AvgIpc) is 2.49. The number of hydrogen-bond acceptors (Lipinski definition) is 4. The van der Waals surface area contributed by atoms with Gasteiger partial charge in [-0.15, -0.1) is 0 Å². The molecule has 0 saturated carbocycles. The smallest absolute Gasteiger partial charge is 0.256 e. The molecule has 21 heavy (non-hydrogen) atoms. The molecule has 0 fully saturated rings. The minimum atomic E-state index is -0.239. The molecule has 0 spiro atoms.